The Labute approximate surface area is 224 Å². The lowest BCUT2D eigenvalue weighted by atomic mass is 9.89. The summed E-state index contributed by atoms with van der Waals surface area (Å²) >= 11 is 0. The van der Waals surface area contributed by atoms with E-state index in [1.165, 1.54) is 17.8 Å². The molecule has 3 heterocycles. The van der Waals surface area contributed by atoms with Crippen LogP contribution in [-0.4, -0.2) is 79.9 Å². The van der Waals surface area contributed by atoms with E-state index in [0.717, 1.165) is 63.4 Å². The van der Waals surface area contributed by atoms with Crippen LogP contribution >= 0.6 is 0 Å². The quantitative estimate of drug-likeness (QED) is 0.480. The maximum Gasteiger partial charge on any atom is 0.238 e. The van der Waals surface area contributed by atoms with Crippen molar-refractivity contribution in [2.24, 2.45) is 11.1 Å². The van der Waals surface area contributed by atoms with Gasteiger partial charge in [-0.3, -0.25) is 4.79 Å². The van der Waals surface area contributed by atoms with Gasteiger partial charge in [0.05, 0.1) is 4.90 Å². The third-order valence-corrected chi connectivity index (χ3v) is 8.52. The minimum absolute atomic E-state index is 0.0884. The van der Waals surface area contributed by atoms with E-state index in [2.05, 4.69) is 33.6 Å². The van der Waals surface area contributed by atoms with Gasteiger partial charge in [-0.25, -0.2) is 13.6 Å². The largest absolute Gasteiger partial charge is 0.366 e. The Morgan fingerprint density at radius 2 is 1.84 bits per heavy atom. The fraction of sp³-hybridized carbons (Fsp3) is 0.500. The predicted molar refractivity (Wildman–Crippen MR) is 147 cm³/mol. The van der Waals surface area contributed by atoms with Crippen molar-refractivity contribution < 1.29 is 13.2 Å². The Kier molecular flexibility index (Phi) is 7.55. The van der Waals surface area contributed by atoms with Crippen LogP contribution in [0.3, 0.4) is 0 Å². The summed E-state index contributed by atoms with van der Waals surface area (Å²) < 4.78 is 23.1. The molecule has 0 saturated carbocycles. The second-order valence-electron chi connectivity index (χ2n) is 10.4. The molecule has 2 saturated heterocycles. The first kappa shape index (κ1) is 26.4. The highest BCUT2D eigenvalue weighted by molar-refractivity contribution is 7.89. The van der Waals surface area contributed by atoms with E-state index in [1.807, 2.05) is 11.0 Å². The van der Waals surface area contributed by atoms with Crippen molar-refractivity contribution in [3.05, 3.63) is 47.7 Å². The van der Waals surface area contributed by atoms with Crippen LogP contribution in [0.5, 0.6) is 0 Å². The maximum absolute atomic E-state index is 11.9. The molecular weight excluding hydrogens is 504 g/mol. The summed E-state index contributed by atoms with van der Waals surface area (Å²) in [6.45, 7) is 6.61. The Balaban J connectivity index is 1.32. The highest BCUT2D eigenvalue weighted by atomic mass is 32.2. The van der Waals surface area contributed by atoms with E-state index in [4.69, 9.17) is 15.1 Å². The number of hydrogen-bond donors (Lipinski definition) is 3. The van der Waals surface area contributed by atoms with Gasteiger partial charge in [0.15, 0.2) is 0 Å². The molecule has 1 aromatic heterocycles. The van der Waals surface area contributed by atoms with Crippen molar-refractivity contribution in [1.82, 2.24) is 19.8 Å². The number of hydrogen-bond acceptors (Lipinski definition) is 9. The lowest BCUT2D eigenvalue weighted by Gasteiger charge is -2.33. The smallest absolute Gasteiger partial charge is 0.238 e. The molecule has 1 amide bonds. The average molecular weight is 541 g/mol. The molecule has 0 bridgehead atoms. The molecule has 1 aromatic carbocycles. The number of sulfonamides is 1. The number of carbonyl (C=O) groups excluding carboxylic acids is 1. The summed E-state index contributed by atoms with van der Waals surface area (Å²) in [5.74, 6) is 2.64. The fourth-order valence-electron chi connectivity index (χ4n) is 5.42. The van der Waals surface area contributed by atoms with Crippen LogP contribution < -0.4 is 20.7 Å². The number of nitrogens with zero attached hydrogens (tertiary/aromatic N) is 5. The number of nitrogens with two attached hydrogens (primary N) is 1. The zero-order valence-corrected chi connectivity index (χ0v) is 22.7. The number of rotatable bonds is 7. The summed E-state index contributed by atoms with van der Waals surface area (Å²) in [4.78, 5) is 28.2. The first-order valence-corrected chi connectivity index (χ1v) is 14.6. The van der Waals surface area contributed by atoms with E-state index in [9.17, 15) is 13.2 Å². The van der Waals surface area contributed by atoms with Crippen molar-refractivity contribution in [3.8, 4) is 0 Å². The molecular formula is C26H36N8O3S. The molecule has 0 spiro atoms. The first-order chi connectivity index (χ1) is 18.2. The second kappa shape index (κ2) is 10.9. The normalized spacial score (nSPS) is 22.1. The van der Waals surface area contributed by atoms with Gasteiger partial charge in [-0.1, -0.05) is 18.2 Å². The minimum Gasteiger partial charge on any atom is -0.366 e. The van der Waals surface area contributed by atoms with Crippen LogP contribution in [0.25, 0.3) is 0 Å². The van der Waals surface area contributed by atoms with Gasteiger partial charge in [0.2, 0.25) is 21.9 Å². The molecule has 2 aromatic rings. The van der Waals surface area contributed by atoms with E-state index < -0.39 is 10.0 Å². The molecule has 204 valence electrons. The monoisotopic (exact) mass is 540 g/mol. The van der Waals surface area contributed by atoms with Crippen molar-refractivity contribution in [3.63, 3.8) is 0 Å². The highest BCUT2D eigenvalue weighted by Gasteiger charge is 2.34. The first-order valence-electron chi connectivity index (χ1n) is 13.1. The molecule has 2 aliphatic heterocycles. The Morgan fingerprint density at radius 1 is 1.11 bits per heavy atom. The van der Waals surface area contributed by atoms with E-state index in [0.29, 0.717) is 24.2 Å². The number of fused-ring (bicyclic) bond motifs is 1. The van der Waals surface area contributed by atoms with Crippen LogP contribution in [0.15, 0.2) is 47.0 Å². The lowest BCUT2D eigenvalue weighted by molar-refractivity contribution is -0.126. The minimum atomic E-state index is -3.72. The second-order valence-corrected chi connectivity index (χ2v) is 11.9. The lowest BCUT2D eigenvalue weighted by Crippen LogP contribution is -2.45. The molecule has 1 aliphatic carbocycles. The molecule has 0 radical (unpaired) electrons. The van der Waals surface area contributed by atoms with Crippen LogP contribution in [0.2, 0.25) is 0 Å². The van der Waals surface area contributed by atoms with Crippen LogP contribution in [0.4, 0.5) is 17.6 Å². The molecule has 2 unspecified atom stereocenters. The molecule has 5 rings (SSSR count). The number of allylic oxidation sites excluding steroid dienone is 1. The third kappa shape index (κ3) is 6.08. The van der Waals surface area contributed by atoms with E-state index in [1.54, 1.807) is 19.1 Å². The van der Waals surface area contributed by atoms with Gasteiger partial charge in [0.1, 0.15) is 11.6 Å². The molecule has 4 N–H and O–H groups in total. The number of piperazine rings is 1. The summed E-state index contributed by atoms with van der Waals surface area (Å²) in [6.07, 6.45) is 4.94. The zero-order chi connectivity index (χ0) is 26.9. The Morgan fingerprint density at radius 3 is 2.53 bits per heavy atom. The number of nitrogens with one attached hydrogen (secondary N) is 2. The highest BCUT2D eigenvalue weighted by Crippen LogP contribution is 2.37. The van der Waals surface area contributed by atoms with Gasteiger partial charge >= 0.3 is 0 Å². The molecule has 38 heavy (non-hydrogen) atoms. The van der Waals surface area contributed by atoms with Gasteiger partial charge < -0.3 is 25.3 Å². The standard InChI is InChI=1S/C26H36N8O3S/c1-18(35)34-10-9-20-15-21(5-8-23(20)34)29-26-30-24(16-25(31-26)33-13-11-32(2)12-14-33)28-17-19-3-6-22(7-4-19)38(27,36)37/h3-4,6-8,16,20-21H,5,9-15,17H2,1-2H3,(H2,27,36,37)(H2,28,29,30,31). The number of amides is 1. The number of anilines is 3. The molecule has 12 heteroatoms. The van der Waals surface area contributed by atoms with Crippen LogP contribution in [-0.2, 0) is 21.4 Å². The number of likely N-dealkylation sites (N-methyl/N-ethyl adjacent to an activating group) is 1. The van der Waals surface area contributed by atoms with Gasteiger partial charge in [-0.05, 0) is 44.0 Å². The predicted octanol–water partition coefficient (Wildman–Crippen LogP) is 1.81. The fourth-order valence-corrected chi connectivity index (χ4v) is 5.93. The molecule has 11 nitrogen and oxygen atoms in total. The zero-order valence-electron chi connectivity index (χ0n) is 21.9. The summed E-state index contributed by atoms with van der Waals surface area (Å²) in [5, 5.41) is 12.1. The number of benzene rings is 1. The number of aromatic nitrogens is 2. The maximum atomic E-state index is 11.9. The number of primary sulfonamides is 1. The summed E-state index contributed by atoms with van der Waals surface area (Å²) in [6, 6.07) is 8.66. The van der Waals surface area contributed by atoms with Gasteiger partial charge in [-0.15, -0.1) is 0 Å². The van der Waals surface area contributed by atoms with Crippen LogP contribution in [0, 0.1) is 5.92 Å². The average Bonchev–Trinajstić information content (AvgIpc) is 3.31. The van der Waals surface area contributed by atoms with Crippen molar-refractivity contribution in [2.75, 3.05) is 55.3 Å². The van der Waals surface area contributed by atoms with E-state index >= 15 is 0 Å². The van der Waals surface area contributed by atoms with Gasteiger partial charge in [0.25, 0.3) is 0 Å². The SMILES string of the molecule is CC(=O)N1CCC2CC(Nc3nc(NCc4ccc(S(N)(=O)=O)cc4)cc(N4CCN(C)CC4)n3)CC=C21. The topological polar surface area (TPSA) is 137 Å². The Bertz CT molecular complexity index is 1310. The van der Waals surface area contributed by atoms with Gasteiger partial charge in [0, 0.05) is 69.9 Å². The van der Waals surface area contributed by atoms with E-state index in [-0.39, 0.29) is 16.8 Å². The van der Waals surface area contributed by atoms with Crippen molar-refractivity contribution in [1.29, 1.82) is 0 Å². The Hall–Kier alpha value is -3.22. The number of likely N-dealkylation sites (tertiary alicyclic amines) is 1. The number of carbonyl (C=O) groups is 1. The third-order valence-electron chi connectivity index (χ3n) is 7.59. The summed E-state index contributed by atoms with van der Waals surface area (Å²) in [5.41, 5.74) is 2.08. The van der Waals surface area contributed by atoms with Crippen LogP contribution in [0.1, 0.15) is 31.7 Å². The van der Waals surface area contributed by atoms with Crippen molar-refractivity contribution >= 4 is 33.5 Å². The molecule has 2 fully saturated rings. The summed E-state index contributed by atoms with van der Waals surface area (Å²) in [7, 11) is -1.60. The van der Waals surface area contributed by atoms with Gasteiger partial charge in [-0.2, -0.15) is 9.97 Å². The van der Waals surface area contributed by atoms with Crippen molar-refractivity contribution in [2.45, 2.75) is 43.7 Å². The molecule has 3 aliphatic rings. The molecule has 2 atom stereocenters.